The summed E-state index contributed by atoms with van der Waals surface area (Å²) in [5.74, 6) is 1.10. The van der Waals surface area contributed by atoms with Gasteiger partial charge in [-0.05, 0) is 56.1 Å². The Labute approximate surface area is 194 Å². The number of hydrogen-bond acceptors (Lipinski definition) is 7. The highest BCUT2D eigenvalue weighted by Gasteiger charge is 2.18. The van der Waals surface area contributed by atoms with E-state index in [-0.39, 0.29) is 5.91 Å². The van der Waals surface area contributed by atoms with Crippen molar-refractivity contribution < 1.29 is 4.79 Å². The fraction of sp³-hybridized carbons (Fsp3) is 0.250. The van der Waals surface area contributed by atoms with Crippen LogP contribution in [0.15, 0.2) is 49.1 Å². The van der Waals surface area contributed by atoms with Gasteiger partial charge in [-0.1, -0.05) is 0 Å². The van der Waals surface area contributed by atoms with E-state index >= 15 is 0 Å². The summed E-state index contributed by atoms with van der Waals surface area (Å²) < 4.78 is 0. The first-order valence-electron chi connectivity index (χ1n) is 11.3. The number of rotatable bonds is 5. The molecule has 0 spiro atoms. The maximum atomic E-state index is 12.5. The molecule has 1 aliphatic heterocycles. The van der Waals surface area contributed by atoms with Crippen LogP contribution in [-0.4, -0.2) is 54.1 Å². The van der Waals surface area contributed by atoms with E-state index < -0.39 is 0 Å². The number of fused-ring (bicyclic) bond motifs is 2. The summed E-state index contributed by atoms with van der Waals surface area (Å²) in [5.41, 5.74) is 5.21. The minimum atomic E-state index is 0.0232. The lowest BCUT2D eigenvalue weighted by Crippen LogP contribution is -2.30. The summed E-state index contributed by atoms with van der Waals surface area (Å²) >= 11 is 0. The third-order valence-electron chi connectivity index (χ3n) is 6.19. The molecule has 5 aromatic rings. The van der Waals surface area contributed by atoms with Crippen LogP contribution in [0.2, 0.25) is 0 Å². The van der Waals surface area contributed by atoms with Gasteiger partial charge in [-0.15, -0.1) is 0 Å². The van der Waals surface area contributed by atoms with Gasteiger partial charge in [0, 0.05) is 36.1 Å². The second-order valence-corrected chi connectivity index (χ2v) is 8.56. The molecule has 10 heteroatoms. The van der Waals surface area contributed by atoms with Crippen molar-refractivity contribution in [2.75, 3.05) is 18.4 Å². The zero-order chi connectivity index (χ0) is 22.9. The van der Waals surface area contributed by atoms with Gasteiger partial charge in [-0.25, -0.2) is 15.0 Å². The lowest BCUT2D eigenvalue weighted by Gasteiger charge is -2.21. The Bertz CT molecular complexity index is 1450. The van der Waals surface area contributed by atoms with Gasteiger partial charge in [0.1, 0.15) is 5.69 Å². The van der Waals surface area contributed by atoms with Crippen LogP contribution in [0.25, 0.3) is 44.8 Å². The minimum Gasteiger partial charge on any atom is -0.335 e. The van der Waals surface area contributed by atoms with E-state index in [9.17, 15) is 4.79 Å². The van der Waals surface area contributed by atoms with E-state index in [0.29, 0.717) is 35.1 Å². The largest absolute Gasteiger partial charge is 0.335 e. The van der Waals surface area contributed by atoms with Crippen LogP contribution >= 0.6 is 0 Å². The van der Waals surface area contributed by atoms with Crippen LogP contribution in [0.3, 0.4) is 0 Å². The Morgan fingerprint density at radius 3 is 2.82 bits per heavy atom. The lowest BCUT2D eigenvalue weighted by atomic mass is 9.94. The average Bonchev–Trinajstić information content (AvgIpc) is 3.48. The number of aromatic amines is 2. The lowest BCUT2D eigenvalue weighted by molar-refractivity contribution is -0.117. The molecule has 0 aliphatic carbocycles. The highest BCUT2D eigenvalue weighted by molar-refractivity contribution is 5.94. The van der Waals surface area contributed by atoms with Gasteiger partial charge in [0.05, 0.1) is 22.8 Å². The number of aromatic nitrogens is 7. The summed E-state index contributed by atoms with van der Waals surface area (Å²) in [4.78, 5) is 33.5. The molecule has 10 nitrogen and oxygen atoms in total. The van der Waals surface area contributed by atoms with Crippen molar-refractivity contribution in [2.45, 2.75) is 19.3 Å². The molecule has 0 saturated carbocycles. The number of pyridine rings is 3. The van der Waals surface area contributed by atoms with Crippen molar-refractivity contribution in [3.05, 3.63) is 49.1 Å². The van der Waals surface area contributed by atoms with Crippen LogP contribution in [0.4, 0.5) is 5.69 Å². The Hall–Kier alpha value is -4.18. The molecule has 0 atom stereocenters. The van der Waals surface area contributed by atoms with E-state index in [1.54, 1.807) is 24.8 Å². The van der Waals surface area contributed by atoms with Gasteiger partial charge >= 0.3 is 0 Å². The highest BCUT2D eigenvalue weighted by Crippen LogP contribution is 2.29. The molecule has 0 aromatic carbocycles. The van der Waals surface area contributed by atoms with Crippen LogP contribution in [0.1, 0.15) is 19.3 Å². The molecular formula is C24H23N9O. The number of imidazole rings is 1. The smallest absolute Gasteiger partial charge is 0.224 e. The fourth-order valence-electron chi connectivity index (χ4n) is 4.43. The first-order chi connectivity index (χ1) is 16.7. The van der Waals surface area contributed by atoms with E-state index in [1.165, 1.54) is 0 Å². The topological polar surface area (TPSA) is 137 Å². The van der Waals surface area contributed by atoms with Gasteiger partial charge in [0.2, 0.25) is 5.91 Å². The molecule has 0 radical (unpaired) electrons. The molecular weight excluding hydrogens is 430 g/mol. The number of anilines is 1. The van der Waals surface area contributed by atoms with Crippen molar-refractivity contribution in [1.82, 2.24) is 40.4 Å². The molecule has 170 valence electrons. The maximum Gasteiger partial charge on any atom is 0.224 e. The van der Waals surface area contributed by atoms with Crippen LogP contribution in [-0.2, 0) is 4.79 Å². The number of carbonyl (C=O) groups excluding carboxylic acids is 1. The minimum absolute atomic E-state index is 0.0232. The molecule has 1 aliphatic rings. The summed E-state index contributed by atoms with van der Waals surface area (Å²) in [6.07, 6.45) is 9.49. The maximum absolute atomic E-state index is 12.5. The number of nitrogens with one attached hydrogen (secondary N) is 4. The number of hydrogen-bond donors (Lipinski definition) is 4. The Morgan fingerprint density at radius 2 is 1.94 bits per heavy atom. The molecule has 1 amide bonds. The standard InChI is InChI=1S/C24H23N9O/c34-20(8-14-3-6-25-7-4-14)29-17-9-15(11-26-13-17)16-10-18-21(32-33-22(18)28-12-16)24-30-19-2-1-5-27-23(19)31-24/h1-2,5,9-14,25H,3-4,6-8H2,(H,29,34)(H,27,30,31)(H,28,32,33). The summed E-state index contributed by atoms with van der Waals surface area (Å²) in [5, 5.41) is 14.5. The van der Waals surface area contributed by atoms with Gasteiger partial charge in [-0.2, -0.15) is 5.10 Å². The molecule has 6 heterocycles. The van der Waals surface area contributed by atoms with Crippen LogP contribution in [0.5, 0.6) is 0 Å². The normalized spacial score (nSPS) is 14.6. The predicted octanol–water partition coefficient (Wildman–Crippen LogP) is 3.29. The molecule has 34 heavy (non-hydrogen) atoms. The highest BCUT2D eigenvalue weighted by atomic mass is 16.1. The number of amides is 1. The monoisotopic (exact) mass is 453 g/mol. The van der Waals surface area contributed by atoms with E-state index in [4.69, 9.17) is 0 Å². The average molecular weight is 454 g/mol. The molecule has 0 unspecified atom stereocenters. The SMILES string of the molecule is O=C(CC1CCNCC1)Nc1cncc(-c2cnc3n[nH]c(-c4nc5ncccc5[nH]4)c3c2)c1. The Balaban J connectivity index is 1.27. The molecule has 0 bridgehead atoms. The van der Waals surface area contributed by atoms with Crippen LogP contribution < -0.4 is 10.6 Å². The third-order valence-corrected chi connectivity index (χ3v) is 6.19. The number of carbonyl (C=O) groups is 1. The van der Waals surface area contributed by atoms with Gasteiger partial charge < -0.3 is 15.6 Å². The van der Waals surface area contributed by atoms with Crippen LogP contribution in [0, 0.1) is 5.92 Å². The van der Waals surface area contributed by atoms with Crippen molar-refractivity contribution in [3.8, 4) is 22.6 Å². The molecule has 1 saturated heterocycles. The van der Waals surface area contributed by atoms with Crippen molar-refractivity contribution >= 4 is 33.8 Å². The first-order valence-corrected chi connectivity index (χ1v) is 11.3. The van der Waals surface area contributed by atoms with Crippen molar-refractivity contribution in [1.29, 1.82) is 0 Å². The predicted molar refractivity (Wildman–Crippen MR) is 129 cm³/mol. The van der Waals surface area contributed by atoms with Gasteiger partial charge in [0.15, 0.2) is 17.1 Å². The molecule has 1 fully saturated rings. The first kappa shape index (κ1) is 20.4. The zero-order valence-electron chi connectivity index (χ0n) is 18.4. The van der Waals surface area contributed by atoms with Crippen molar-refractivity contribution in [2.24, 2.45) is 5.92 Å². The number of piperidine rings is 1. The van der Waals surface area contributed by atoms with E-state index in [2.05, 4.69) is 45.8 Å². The van der Waals surface area contributed by atoms with Gasteiger partial charge in [0.25, 0.3) is 0 Å². The zero-order valence-corrected chi connectivity index (χ0v) is 18.4. The Morgan fingerprint density at radius 1 is 1.06 bits per heavy atom. The number of nitrogens with zero attached hydrogens (tertiary/aromatic N) is 5. The molecule has 6 rings (SSSR count). The summed E-state index contributed by atoms with van der Waals surface area (Å²) in [7, 11) is 0. The Kier molecular flexibility index (Phi) is 5.19. The fourth-order valence-corrected chi connectivity index (χ4v) is 4.43. The summed E-state index contributed by atoms with van der Waals surface area (Å²) in [6, 6.07) is 7.71. The third kappa shape index (κ3) is 3.99. The van der Waals surface area contributed by atoms with Gasteiger partial charge in [-0.3, -0.25) is 14.9 Å². The summed E-state index contributed by atoms with van der Waals surface area (Å²) in [6.45, 7) is 1.95. The van der Waals surface area contributed by atoms with Crippen molar-refractivity contribution in [3.63, 3.8) is 0 Å². The quantitative estimate of drug-likeness (QED) is 0.320. The molecule has 5 aromatic heterocycles. The second kappa shape index (κ2) is 8.64. The number of H-pyrrole nitrogens is 2. The second-order valence-electron chi connectivity index (χ2n) is 8.56. The van der Waals surface area contributed by atoms with E-state index in [0.717, 1.165) is 53.7 Å². The van der Waals surface area contributed by atoms with E-state index in [1.807, 2.05) is 24.3 Å². The molecule has 4 N–H and O–H groups in total.